The van der Waals surface area contributed by atoms with E-state index in [-0.39, 0.29) is 18.1 Å². The normalized spacial score (nSPS) is 11.0. The molecular weight excluding hydrogens is 379 g/mol. The Morgan fingerprint density at radius 2 is 2.12 bits per heavy atom. The molecule has 124 valence electrons. The number of nitrogens with zero attached hydrogens (tertiary/aromatic N) is 1. The Morgan fingerprint density at radius 1 is 1.33 bits per heavy atom. The van der Waals surface area contributed by atoms with Gasteiger partial charge >= 0.3 is 0 Å². The fraction of sp³-hybridized carbons (Fsp3) is 0.125. The van der Waals surface area contributed by atoms with Crippen molar-refractivity contribution in [2.24, 2.45) is 0 Å². The highest BCUT2D eigenvalue weighted by Crippen LogP contribution is 2.25. The van der Waals surface area contributed by atoms with Crippen molar-refractivity contribution in [2.45, 2.75) is 13.2 Å². The van der Waals surface area contributed by atoms with E-state index in [9.17, 15) is 9.18 Å². The average molecular weight is 393 g/mol. The maximum atomic E-state index is 13.9. The molecule has 6 nitrogen and oxygen atoms in total. The Labute approximate surface area is 144 Å². The van der Waals surface area contributed by atoms with Crippen molar-refractivity contribution >= 4 is 38.3 Å². The summed E-state index contributed by atoms with van der Waals surface area (Å²) in [6.07, 6.45) is 0. The predicted molar refractivity (Wildman–Crippen MR) is 94.1 cm³/mol. The van der Waals surface area contributed by atoms with Crippen LogP contribution in [0.4, 0.5) is 15.8 Å². The minimum Gasteiger partial charge on any atom is -0.397 e. The highest BCUT2D eigenvalue weighted by Gasteiger charge is 2.09. The summed E-state index contributed by atoms with van der Waals surface area (Å²) in [5.41, 5.74) is 7.94. The van der Waals surface area contributed by atoms with Crippen molar-refractivity contribution in [1.29, 1.82) is 0 Å². The van der Waals surface area contributed by atoms with Crippen LogP contribution in [-0.2, 0) is 13.2 Å². The number of hydrogen-bond donors (Lipinski definition) is 4. The van der Waals surface area contributed by atoms with Crippen molar-refractivity contribution in [3.8, 4) is 0 Å². The van der Waals surface area contributed by atoms with Gasteiger partial charge in [-0.25, -0.2) is 9.37 Å². The molecule has 1 heterocycles. The first-order valence-electron chi connectivity index (χ1n) is 7.09. The van der Waals surface area contributed by atoms with E-state index in [0.717, 1.165) is 0 Å². The second-order valence-corrected chi connectivity index (χ2v) is 6.13. The number of hydrogen-bond acceptors (Lipinski definition) is 5. The summed E-state index contributed by atoms with van der Waals surface area (Å²) >= 11 is 3.21. The number of fused-ring (bicyclic) bond motifs is 1. The Morgan fingerprint density at radius 3 is 2.83 bits per heavy atom. The molecule has 3 aromatic rings. The molecule has 0 fully saturated rings. The Balaban J connectivity index is 1.92. The zero-order valence-electron chi connectivity index (χ0n) is 12.4. The molecule has 2 aromatic carbocycles. The van der Waals surface area contributed by atoms with Crippen LogP contribution < -0.4 is 16.6 Å². The van der Waals surface area contributed by atoms with Crippen molar-refractivity contribution in [2.75, 3.05) is 11.1 Å². The van der Waals surface area contributed by atoms with Crippen molar-refractivity contribution < 1.29 is 9.50 Å². The van der Waals surface area contributed by atoms with Gasteiger partial charge in [-0.15, -0.1) is 0 Å². The first-order chi connectivity index (χ1) is 11.5. The highest BCUT2D eigenvalue weighted by molar-refractivity contribution is 9.10. The Bertz CT molecular complexity index is 974. The van der Waals surface area contributed by atoms with Crippen molar-refractivity contribution in [3.63, 3.8) is 0 Å². The number of anilines is 2. The zero-order chi connectivity index (χ0) is 17.3. The molecular formula is C16H14BrFN4O2. The van der Waals surface area contributed by atoms with E-state index in [4.69, 9.17) is 10.8 Å². The minimum atomic E-state index is -0.456. The zero-order valence-corrected chi connectivity index (χ0v) is 14.0. The number of aromatic nitrogens is 2. The lowest BCUT2D eigenvalue weighted by atomic mass is 10.2. The third-order valence-corrected chi connectivity index (χ3v) is 4.06. The number of rotatable bonds is 4. The van der Waals surface area contributed by atoms with Gasteiger partial charge in [0.1, 0.15) is 11.5 Å². The molecule has 0 aliphatic rings. The van der Waals surface area contributed by atoms with Crippen LogP contribution in [0.5, 0.6) is 0 Å². The van der Waals surface area contributed by atoms with E-state index in [1.165, 1.54) is 6.07 Å². The van der Waals surface area contributed by atoms with Gasteiger partial charge in [-0.2, -0.15) is 0 Å². The summed E-state index contributed by atoms with van der Waals surface area (Å²) in [4.78, 5) is 18.4. The molecule has 1 aromatic heterocycles. The first-order valence-corrected chi connectivity index (χ1v) is 7.88. The summed E-state index contributed by atoms with van der Waals surface area (Å²) in [6.45, 7) is -0.215. The molecule has 0 bridgehead atoms. The van der Waals surface area contributed by atoms with E-state index < -0.39 is 12.2 Å². The molecule has 0 aliphatic heterocycles. The van der Waals surface area contributed by atoms with Gasteiger partial charge in [0.05, 0.1) is 29.0 Å². The topological polar surface area (TPSA) is 104 Å². The molecule has 0 aliphatic carbocycles. The van der Waals surface area contributed by atoms with Gasteiger partial charge in [0.2, 0.25) is 0 Å². The molecule has 0 unspecified atom stereocenters. The van der Waals surface area contributed by atoms with Gasteiger partial charge in [-0.05, 0) is 24.3 Å². The van der Waals surface area contributed by atoms with Crippen LogP contribution in [0.25, 0.3) is 11.0 Å². The molecule has 0 radical (unpaired) electrons. The van der Waals surface area contributed by atoms with Crippen molar-refractivity contribution in [3.05, 3.63) is 62.2 Å². The lowest BCUT2D eigenvalue weighted by Crippen LogP contribution is -2.15. The predicted octanol–water partition coefficient (Wildman–Crippen LogP) is 2.51. The summed E-state index contributed by atoms with van der Waals surface area (Å²) < 4.78 is 14.5. The number of aromatic amines is 1. The van der Waals surface area contributed by atoms with Crippen LogP contribution in [0.1, 0.15) is 11.3 Å². The van der Waals surface area contributed by atoms with Crippen LogP contribution in [0.2, 0.25) is 0 Å². The molecule has 0 saturated heterocycles. The number of aliphatic hydroxyl groups excluding tert-OH is 1. The van der Waals surface area contributed by atoms with E-state index in [2.05, 4.69) is 31.2 Å². The molecule has 5 N–H and O–H groups in total. The smallest absolute Gasteiger partial charge is 0.272 e. The fourth-order valence-corrected chi connectivity index (χ4v) is 2.64. The largest absolute Gasteiger partial charge is 0.397 e. The molecule has 0 amide bonds. The van der Waals surface area contributed by atoms with Crippen LogP contribution >= 0.6 is 15.9 Å². The number of aliphatic hydroxyl groups is 1. The van der Waals surface area contributed by atoms with Crippen LogP contribution in [0.15, 0.2) is 39.6 Å². The number of nitrogen functional groups attached to an aromatic ring is 1. The first kappa shape index (κ1) is 16.4. The SMILES string of the molecule is Nc1cc2[nH]c(=O)c(CO)nc2cc1NCc1ccc(Br)cc1F. The molecule has 8 heteroatoms. The van der Waals surface area contributed by atoms with Crippen molar-refractivity contribution in [1.82, 2.24) is 9.97 Å². The fourth-order valence-electron chi connectivity index (χ4n) is 2.30. The lowest BCUT2D eigenvalue weighted by Gasteiger charge is -2.11. The van der Waals surface area contributed by atoms with Gasteiger partial charge in [-0.1, -0.05) is 22.0 Å². The lowest BCUT2D eigenvalue weighted by molar-refractivity contribution is 0.275. The minimum absolute atomic E-state index is 0.0252. The van der Waals surface area contributed by atoms with Gasteiger partial charge in [0.15, 0.2) is 0 Å². The molecule has 3 rings (SSSR count). The van der Waals surface area contributed by atoms with E-state index >= 15 is 0 Å². The Hall–Kier alpha value is -2.45. The second kappa shape index (κ2) is 6.58. The third-order valence-electron chi connectivity index (χ3n) is 3.57. The van der Waals surface area contributed by atoms with E-state index in [1.807, 2.05) is 0 Å². The summed E-state index contributed by atoms with van der Waals surface area (Å²) in [6, 6.07) is 8.04. The third kappa shape index (κ3) is 3.24. The van der Waals surface area contributed by atoms with Crippen LogP contribution in [-0.4, -0.2) is 15.1 Å². The van der Waals surface area contributed by atoms with Crippen LogP contribution in [0, 0.1) is 5.82 Å². The second-order valence-electron chi connectivity index (χ2n) is 5.22. The molecule has 0 atom stereocenters. The highest BCUT2D eigenvalue weighted by atomic mass is 79.9. The Kier molecular flexibility index (Phi) is 4.50. The standard InChI is InChI=1S/C16H14BrFN4O2/c17-9-2-1-8(10(18)3-9)6-20-12-5-14-13(4-11(12)19)22-16(24)15(7-23)21-14/h1-5,20,23H,6-7,19H2,(H,22,24). The van der Waals surface area contributed by atoms with Crippen LogP contribution in [0.3, 0.4) is 0 Å². The molecule has 24 heavy (non-hydrogen) atoms. The van der Waals surface area contributed by atoms with E-state index in [1.54, 1.807) is 24.3 Å². The molecule has 0 spiro atoms. The number of H-pyrrole nitrogens is 1. The van der Waals surface area contributed by atoms with Gasteiger partial charge in [0.25, 0.3) is 5.56 Å². The number of nitrogens with one attached hydrogen (secondary N) is 2. The maximum absolute atomic E-state index is 13.9. The summed E-state index contributed by atoms with van der Waals surface area (Å²) in [5, 5.41) is 12.2. The van der Waals surface area contributed by atoms with Gasteiger partial charge in [0, 0.05) is 16.6 Å². The molecule has 0 saturated carbocycles. The quantitative estimate of drug-likeness (QED) is 0.510. The van der Waals surface area contributed by atoms with Gasteiger partial charge < -0.3 is 21.1 Å². The number of benzene rings is 2. The number of nitrogens with two attached hydrogens (primary N) is 1. The average Bonchev–Trinajstić information content (AvgIpc) is 2.54. The van der Waals surface area contributed by atoms with E-state index in [0.29, 0.717) is 32.4 Å². The van der Waals surface area contributed by atoms with Gasteiger partial charge in [-0.3, -0.25) is 4.79 Å². The number of halogens is 2. The maximum Gasteiger partial charge on any atom is 0.272 e. The monoisotopic (exact) mass is 392 g/mol. The summed E-state index contributed by atoms with van der Waals surface area (Å²) in [5.74, 6) is -0.332. The summed E-state index contributed by atoms with van der Waals surface area (Å²) in [7, 11) is 0.